The molecule has 57 heavy (non-hydrogen) atoms. The Bertz CT molecular complexity index is 4120. The van der Waals surface area contributed by atoms with Gasteiger partial charge in [0, 0.05) is 37.9 Å². The van der Waals surface area contributed by atoms with Crippen molar-refractivity contribution in [3.63, 3.8) is 0 Å². The Morgan fingerprint density at radius 3 is 1.28 bits per heavy atom. The van der Waals surface area contributed by atoms with E-state index in [0.717, 1.165) is 53.3 Å². The summed E-state index contributed by atoms with van der Waals surface area (Å²) in [5.41, 5.74) is 4.14. The highest BCUT2D eigenvalue weighted by atomic mass is 16.3. The maximum Gasteiger partial charge on any atom is 0.240 e. The standard InChI is InChI=1S/C51H31N5O/c1-6-16-43-37(11-1)38-12-2-7-17-44(38)55(43)50-52-49(53-51(54-50)56-45-18-8-3-13-39(45)40-14-4-9-19-46(40)56)35-27-25-33(26-28-35)32-21-23-34(24-22-32)36-29-30-42-41-15-5-10-20-47(41)57-48(42)31-36/h1-31H/i1D,2D,3D,4D,6D,7D,8D,9D,11D,12D,13D,14D,16D,17D,18D,19D. The van der Waals surface area contributed by atoms with Crippen LogP contribution >= 0.6 is 0 Å². The zero-order valence-electron chi connectivity index (χ0n) is 45.3. The number of nitrogens with zero attached hydrogens (tertiary/aromatic N) is 5. The van der Waals surface area contributed by atoms with Crippen LogP contribution in [0.15, 0.2) is 192 Å². The quantitative estimate of drug-likeness (QED) is 0.176. The predicted octanol–water partition coefficient (Wildman–Crippen LogP) is 13.0. The second kappa shape index (κ2) is 12.3. The lowest BCUT2D eigenvalue weighted by molar-refractivity contribution is 0.669. The molecule has 0 spiro atoms. The van der Waals surface area contributed by atoms with Crippen LogP contribution in [-0.4, -0.2) is 24.1 Å². The first-order valence-electron chi connectivity index (χ1n) is 25.8. The molecule has 0 aliphatic carbocycles. The molecule has 8 aromatic carbocycles. The van der Waals surface area contributed by atoms with E-state index >= 15 is 0 Å². The van der Waals surface area contributed by atoms with Crippen LogP contribution in [0.25, 0.3) is 111 Å². The first-order valence-corrected chi connectivity index (χ1v) is 17.8. The van der Waals surface area contributed by atoms with E-state index in [0.29, 0.717) is 5.56 Å². The SMILES string of the molecule is [2H]c1c([2H])c([2H])c2c(c1[2H])c1c([2H])c([2H])c([2H])c([2H])c1n2-c1nc(-c2ccc(-c3ccc(-c4ccc5c(c4)oc4ccccc45)cc3)cc2)nc(-n2c3c([2H])c([2H])c([2H])c([2H])c3c3c([2H])c([2H])c([2H])c([2H])c32)n1. The van der Waals surface area contributed by atoms with Crippen molar-refractivity contribution in [2.24, 2.45) is 0 Å². The van der Waals surface area contributed by atoms with Crippen LogP contribution in [0.3, 0.4) is 0 Å². The zero-order chi connectivity index (χ0) is 51.4. The maximum absolute atomic E-state index is 9.16. The van der Waals surface area contributed by atoms with Gasteiger partial charge in [-0.25, -0.2) is 0 Å². The van der Waals surface area contributed by atoms with Gasteiger partial charge in [-0.1, -0.05) is 145 Å². The molecule has 0 fully saturated rings. The highest BCUT2D eigenvalue weighted by molar-refractivity contribution is 6.10. The molecule has 0 amide bonds. The zero-order valence-corrected chi connectivity index (χ0v) is 29.3. The molecule has 0 bridgehead atoms. The van der Waals surface area contributed by atoms with Crippen molar-refractivity contribution in [3.8, 4) is 45.5 Å². The van der Waals surface area contributed by atoms with Crippen LogP contribution < -0.4 is 0 Å². The Morgan fingerprint density at radius 2 is 0.772 bits per heavy atom. The van der Waals surface area contributed by atoms with Gasteiger partial charge in [0.05, 0.1) is 44.0 Å². The van der Waals surface area contributed by atoms with Gasteiger partial charge in [-0.3, -0.25) is 9.13 Å². The van der Waals surface area contributed by atoms with Gasteiger partial charge in [0.15, 0.2) is 5.82 Å². The highest BCUT2D eigenvalue weighted by Crippen LogP contribution is 2.36. The minimum absolute atomic E-state index is 0.142. The molecule has 0 unspecified atom stereocenters. The molecule has 12 aromatic rings. The van der Waals surface area contributed by atoms with Gasteiger partial charge in [0.2, 0.25) is 11.9 Å². The van der Waals surface area contributed by atoms with E-state index in [1.165, 1.54) is 0 Å². The Hall–Kier alpha value is -7.83. The van der Waals surface area contributed by atoms with Crippen LogP contribution in [-0.2, 0) is 0 Å². The van der Waals surface area contributed by atoms with Crippen molar-refractivity contribution in [1.29, 1.82) is 0 Å². The molecular formula is C51H31N5O. The Balaban J connectivity index is 1.11. The third-order valence-corrected chi connectivity index (χ3v) is 10.2. The van der Waals surface area contributed by atoms with Crippen molar-refractivity contribution < 1.29 is 26.3 Å². The minimum Gasteiger partial charge on any atom is -0.456 e. The number of para-hydroxylation sites is 5. The molecule has 6 nitrogen and oxygen atoms in total. The van der Waals surface area contributed by atoms with Gasteiger partial charge in [-0.05, 0) is 64.6 Å². The smallest absolute Gasteiger partial charge is 0.240 e. The molecule has 0 N–H and O–H groups in total. The fraction of sp³-hybridized carbons (Fsp3) is 0. The second-order valence-corrected chi connectivity index (χ2v) is 13.3. The number of benzene rings is 8. The molecule has 6 heteroatoms. The largest absolute Gasteiger partial charge is 0.456 e. The summed E-state index contributed by atoms with van der Waals surface area (Å²) in [6.07, 6.45) is 0. The fourth-order valence-electron chi connectivity index (χ4n) is 7.50. The number of aromatic nitrogens is 5. The lowest BCUT2D eigenvalue weighted by Gasteiger charge is -2.13. The first-order chi connectivity index (χ1) is 34.9. The summed E-state index contributed by atoms with van der Waals surface area (Å²) < 4.78 is 150. The fourth-order valence-corrected chi connectivity index (χ4v) is 7.50. The maximum atomic E-state index is 9.16. The monoisotopic (exact) mass is 745 g/mol. The molecule has 0 saturated heterocycles. The van der Waals surface area contributed by atoms with E-state index in [1.807, 2.05) is 66.7 Å². The van der Waals surface area contributed by atoms with Crippen molar-refractivity contribution in [2.45, 2.75) is 0 Å². The molecule has 0 atom stereocenters. The van der Waals surface area contributed by atoms with Gasteiger partial charge in [0.25, 0.3) is 0 Å². The van der Waals surface area contributed by atoms with Crippen LogP contribution in [0.5, 0.6) is 0 Å². The van der Waals surface area contributed by atoms with E-state index in [1.54, 1.807) is 24.3 Å². The van der Waals surface area contributed by atoms with Gasteiger partial charge >= 0.3 is 0 Å². The van der Waals surface area contributed by atoms with Crippen molar-refractivity contribution in [1.82, 2.24) is 24.1 Å². The topological polar surface area (TPSA) is 61.7 Å². The summed E-state index contributed by atoms with van der Waals surface area (Å²) in [6, 6.07) is 18.3. The van der Waals surface area contributed by atoms with Crippen LogP contribution in [0.2, 0.25) is 0 Å². The summed E-state index contributed by atoms with van der Waals surface area (Å²) >= 11 is 0. The summed E-state index contributed by atoms with van der Waals surface area (Å²) in [6.45, 7) is 0. The summed E-state index contributed by atoms with van der Waals surface area (Å²) in [5.74, 6) is -1.07. The lowest BCUT2D eigenvalue weighted by atomic mass is 9.99. The normalized spacial score (nSPS) is 15.8. The molecule has 4 aromatic heterocycles. The number of rotatable bonds is 5. The summed E-state index contributed by atoms with van der Waals surface area (Å²) in [4.78, 5) is 14.4. The lowest BCUT2D eigenvalue weighted by Crippen LogP contribution is -2.10. The average molecular weight is 746 g/mol. The van der Waals surface area contributed by atoms with E-state index in [4.69, 9.17) is 41.3 Å². The molecule has 12 rings (SSSR count). The van der Waals surface area contributed by atoms with E-state index in [9.17, 15) is 0 Å². The van der Waals surface area contributed by atoms with Gasteiger partial charge in [0.1, 0.15) is 11.2 Å². The van der Waals surface area contributed by atoms with E-state index in [-0.39, 0.29) is 49.4 Å². The summed E-state index contributed by atoms with van der Waals surface area (Å²) in [5, 5.41) is 0.998. The van der Waals surface area contributed by atoms with Crippen LogP contribution in [0.1, 0.15) is 21.9 Å². The molecule has 0 radical (unpaired) electrons. The molecule has 0 saturated carbocycles. The number of fused-ring (bicyclic) bond motifs is 9. The second-order valence-electron chi connectivity index (χ2n) is 13.3. The Kier molecular flexibility index (Phi) is 4.26. The molecule has 0 aliphatic heterocycles. The van der Waals surface area contributed by atoms with E-state index < -0.39 is 109 Å². The minimum atomic E-state index is -0.698. The molecule has 4 heterocycles. The number of hydrogen-bond donors (Lipinski definition) is 0. The van der Waals surface area contributed by atoms with Crippen molar-refractivity contribution in [2.75, 3.05) is 0 Å². The third-order valence-electron chi connectivity index (χ3n) is 10.2. The van der Waals surface area contributed by atoms with Crippen molar-refractivity contribution >= 4 is 65.6 Å². The van der Waals surface area contributed by atoms with E-state index in [2.05, 4.69) is 0 Å². The van der Waals surface area contributed by atoms with Gasteiger partial charge in [-0.2, -0.15) is 15.0 Å². The summed E-state index contributed by atoms with van der Waals surface area (Å²) in [7, 11) is 0. The average Bonchev–Trinajstić information content (AvgIpc) is 4.09. The first kappa shape index (κ1) is 19.7. The Morgan fingerprint density at radius 1 is 0.368 bits per heavy atom. The predicted molar refractivity (Wildman–Crippen MR) is 232 cm³/mol. The number of furan rings is 1. The number of hydrogen-bond acceptors (Lipinski definition) is 4. The van der Waals surface area contributed by atoms with Gasteiger partial charge < -0.3 is 4.42 Å². The molecule has 266 valence electrons. The van der Waals surface area contributed by atoms with Crippen molar-refractivity contribution in [3.05, 3.63) is 188 Å². The third kappa shape index (κ3) is 4.94. The Labute approximate surface area is 349 Å². The van der Waals surface area contributed by atoms with Crippen LogP contribution in [0.4, 0.5) is 0 Å². The molecule has 0 aliphatic rings. The van der Waals surface area contributed by atoms with Crippen LogP contribution in [0, 0.1) is 0 Å². The van der Waals surface area contributed by atoms with Gasteiger partial charge in [-0.15, -0.1) is 0 Å². The highest BCUT2D eigenvalue weighted by Gasteiger charge is 2.20. The molecular weight excluding hydrogens is 699 g/mol.